The van der Waals surface area contributed by atoms with Crippen LogP contribution in [0.15, 0.2) is 0 Å². The van der Waals surface area contributed by atoms with E-state index in [1.165, 1.54) is 6.42 Å². The largest absolute Gasteiger partial charge is 0.376 e. The zero-order chi connectivity index (χ0) is 8.74. The molecule has 0 bridgehead atoms. The highest BCUT2D eigenvalue weighted by atomic mass is 16.6. The van der Waals surface area contributed by atoms with Crippen molar-refractivity contribution in [3.05, 3.63) is 0 Å². The zero-order valence-electron chi connectivity index (χ0n) is 8.14. The third-order valence-electron chi connectivity index (χ3n) is 1.17. The van der Waals surface area contributed by atoms with Crippen LogP contribution in [0, 0.1) is 0 Å². The summed E-state index contributed by atoms with van der Waals surface area (Å²) in [5.74, 6) is 0. The number of rotatable bonds is 0. The van der Waals surface area contributed by atoms with Crippen LogP contribution in [0.4, 0.5) is 0 Å². The van der Waals surface area contributed by atoms with Gasteiger partial charge in [0.15, 0.2) is 0 Å². The topological polar surface area (TPSA) is 18.5 Å². The van der Waals surface area contributed by atoms with E-state index in [9.17, 15) is 0 Å². The van der Waals surface area contributed by atoms with E-state index in [-0.39, 0.29) is 5.60 Å². The molecule has 1 aliphatic rings. The van der Waals surface area contributed by atoms with Crippen molar-refractivity contribution in [2.75, 3.05) is 19.8 Å². The van der Waals surface area contributed by atoms with E-state index in [0.717, 1.165) is 19.8 Å². The van der Waals surface area contributed by atoms with Crippen molar-refractivity contribution in [1.29, 1.82) is 0 Å². The molecule has 0 aromatic heterocycles. The number of hydrogen-bond donors (Lipinski definition) is 0. The third-order valence-corrected chi connectivity index (χ3v) is 1.17. The maximum absolute atomic E-state index is 5.34. The van der Waals surface area contributed by atoms with Gasteiger partial charge >= 0.3 is 0 Å². The Morgan fingerprint density at radius 1 is 1.18 bits per heavy atom. The molecule has 0 saturated carbocycles. The summed E-state index contributed by atoms with van der Waals surface area (Å²) in [7, 11) is 0. The smallest absolute Gasteiger partial charge is 0.0860 e. The Balaban J connectivity index is 0.000000292. The Kier molecular flexibility index (Phi) is 5.51. The molecule has 0 radical (unpaired) electrons. The van der Waals surface area contributed by atoms with Crippen LogP contribution in [0.1, 0.15) is 34.1 Å². The van der Waals surface area contributed by atoms with E-state index in [2.05, 4.69) is 13.8 Å². The van der Waals surface area contributed by atoms with E-state index >= 15 is 0 Å². The molecule has 0 N–H and O–H groups in total. The minimum Gasteiger partial charge on any atom is -0.376 e. The second-order valence-electron chi connectivity index (χ2n) is 3.37. The van der Waals surface area contributed by atoms with Gasteiger partial charge in [0.25, 0.3) is 0 Å². The van der Waals surface area contributed by atoms with Crippen LogP contribution in [0.5, 0.6) is 0 Å². The molecule has 0 unspecified atom stereocenters. The summed E-state index contributed by atoms with van der Waals surface area (Å²) in [4.78, 5) is 0. The van der Waals surface area contributed by atoms with Crippen molar-refractivity contribution in [2.45, 2.75) is 39.7 Å². The maximum atomic E-state index is 5.34. The third kappa shape index (κ3) is 6.32. The van der Waals surface area contributed by atoms with E-state index in [1.807, 2.05) is 13.8 Å². The molecule has 1 rings (SSSR count). The van der Waals surface area contributed by atoms with Gasteiger partial charge in [0.05, 0.1) is 25.4 Å². The summed E-state index contributed by atoms with van der Waals surface area (Å²) in [6.45, 7) is 10.5. The monoisotopic (exact) mass is 160 g/mol. The maximum Gasteiger partial charge on any atom is 0.0860 e. The summed E-state index contributed by atoms with van der Waals surface area (Å²) >= 11 is 0. The fraction of sp³-hybridized carbons (Fsp3) is 1.00. The second kappa shape index (κ2) is 5.56. The molecule has 1 aliphatic heterocycles. The molecule has 68 valence electrons. The molecular formula is C9H20O2. The van der Waals surface area contributed by atoms with Crippen molar-refractivity contribution in [3.63, 3.8) is 0 Å². The Bertz CT molecular complexity index is 81.6. The van der Waals surface area contributed by atoms with Gasteiger partial charge in [-0.3, -0.25) is 0 Å². The fourth-order valence-electron chi connectivity index (χ4n) is 0.737. The minimum atomic E-state index is -0.0434. The van der Waals surface area contributed by atoms with Crippen molar-refractivity contribution in [3.8, 4) is 0 Å². The first-order chi connectivity index (χ1) is 5.12. The van der Waals surface area contributed by atoms with Gasteiger partial charge in [-0.15, -0.1) is 0 Å². The van der Waals surface area contributed by atoms with E-state index < -0.39 is 0 Å². The Morgan fingerprint density at radius 3 is 1.91 bits per heavy atom. The average molecular weight is 160 g/mol. The summed E-state index contributed by atoms with van der Waals surface area (Å²) in [5, 5.41) is 0. The molecule has 0 spiro atoms. The highest BCUT2D eigenvalue weighted by molar-refractivity contribution is 4.69. The van der Waals surface area contributed by atoms with Crippen molar-refractivity contribution in [2.24, 2.45) is 0 Å². The lowest BCUT2D eigenvalue weighted by atomic mass is 10.1. The fourth-order valence-corrected chi connectivity index (χ4v) is 0.737. The van der Waals surface area contributed by atoms with Gasteiger partial charge in [-0.25, -0.2) is 0 Å². The quantitative estimate of drug-likeness (QED) is 0.541. The van der Waals surface area contributed by atoms with Gasteiger partial charge in [0, 0.05) is 0 Å². The number of hydrogen-bond acceptors (Lipinski definition) is 2. The molecule has 0 aromatic carbocycles. The van der Waals surface area contributed by atoms with E-state index in [4.69, 9.17) is 9.47 Å². The molecule has 0 amide bonds. The van der Waals surface area contributed by atoms with Crippen LogP contribution in [-0.4, -0.2) is 25.4 Å². The van der Waals surface area contributed by atoms with Crippen molar-refractivity contribution in [1.82, 2.24) is 0 Å². The molecule has 2 nitrogen and oxygen atoms in total. The molecule has 0 atom stereocenters. The Morgan fingerprint density at radius 2 is 1.73 bits per heavy atom. The van der Waals surface area contributed by atoms with Gasteiger partial charge < -0.3 is 9.47 Å². The van der Waals surface area contributed by atoms with Gasteiger partial charge in [0.1, 0.15) is 0 Å². The van der Waals surface area contributed by atoms with Crippen LogP contribution in [0.3, 0.4) is 0 Å². The second-order valence-corrected chi connectivity index (χ2v) is 3.37. The summed E-state index contributed by atoms with van der Waals surface area (Å²) in [6.07, 6.45) is 1.25. The lowest BCUT2D eigenvalue weighted by Gasteiger charge is -2.29. The SMILES string of the molecule is CC1(C)COCCO1.CCC. The standard InChI is InChI=1S/C6H12O2.C3H8/c1-6(2)5-7-3-4-8-6;1-3-2/h3-5H2,1-2H3;3H2,1-2H3. The summed E-state index contributed by atoms with van der Waals surface area (Å²) in [5.41, 5.74) is -0.0434. The van der Waals surface area contributed by atoms with Crippen molar-refractivity contribution >= 4 is 0 Å². The Labute approximate surface area is 69.9 Å². The molecule has 2 heteroatoms. The molecule has 11 heavy (non-hydrogen) atoms. The average Bonchev–Trinajstić information content (AvgIpc) is 1.88. The normalized spacial score (nSPS) is 21.8. The Hall–Kier alpha value is -0.0800. The van der Waals surface area contributed by atoms with Crippen LogP contribution in [-0.2, 0) is 9.47 Å². The molecular weight excluding hydrogens is 140 g/mol. The minimum absolute atomic E-state index is 0.0434. The predicted octanol–water partition coefficient (Wildman–Crippen LogP) is 2.23. The number of ether oxygens (including phenoxy) is 2. The summed E-state index contributed by atoms with van der Waals surface area (Å²) < 4.78 is 10.5. The molecule has 1 saturated heterocycles. The highest BCUT2D eigenvalue weighted by Crippen LogP contribution is 2.12. The van der Waals surface area contributed by atoms with Gasteiger partial charge in [-0.1, -0.05) is 20.3 Å². The van der Waals surface area contributed by atoms with Crippen LogP contribution < -0.4 is 0 Å². The van der Waals surface area contributed by atoms with Crippen LogP contribution in [0.2, 0.25) is 0 Å². The van der Waals surface area contributed by atoms with Gasteiger partial charge in [0.2, 0.25) is 0 Å². The van der Waals surface area contributed by atoms with Crippen molar-refractivity contribution < 1.29 is 9.47 Å². The lowest BCUT2D eigenvalue weighted by molar-refractivity contribution is -0.137. The zero-order valence-corrected chi connectivity index (χ0v) is 8.14. The molecule has 1 fully saturated rings. The predicted molar refractivity (Wildman–Crippen MR) is 46.8 cm³/mol. The molecule has 1 heterocycles. The van der Waals surface area contributed by atoms with Crippen LogP contribution >= 0.6 is 0 Å². The van der Waals surface area contributed by atoms with E-state index in [0.29, 0.717) is 0 Å². The first-order valence-electron chi connectivity index (χ1n) is 4.34. The highest BCUT2D eigenvalue weighted by Gasteiger charge is 2.21. The van der Waals surface area contributed by atoms with Crippen LogP contribution in [0.25, 0.3) is 0 Å². The lowest BCUT2D eigenvalue weighted by Crippen LogP contribution is -2.37. The van der Waals surface area contributed by atoms with Gasteiger partial charge in [-0.05, 0) is 13.8 Å². The molecule has 0 aliphatic carbocycles. The first-order valence-corrected chi connectivity index (χ1v) is 4.34. The summed E-state index contributed by atoms with van der Waals surface area (Å²) in [6, 6.07) is 0. The first kappa shape index (κ1) is 10.9. The van der Waals surface area contributed by atoms with Gasteiger partial charge in [-0.2, -0.15) is 0 Å². The van der Waals surface area contributed by atoms with E-state index in [1.54, 1.807) is 0 Å². The molecule has 0 aromatic rings.